The van der Waals surface area contributed by atoms with Crippen LogP contribution in [0.25, 0.3) is 0 Å². The molecule has 0 aliphatic heterocycles. The van der Waals surface area contributed by atoms with Gasteiger partial charge in [-0.1, -0.05) is 37.3 Å². The Labute approximate surface area is 117 Å². The van der Waals surface area contributed by atoms with Crippen molar-refractivity contribution >= 4 is 15.9 Å². The highest BCUT2D eigenvalue weighted by Gasteiger charge is 2.15. The van der Waals surface area contributed by atoms with Gasteiger partial charge in [0.15, 0.2) is 4.67 Å². The highest BCUT2D eigenvalue weighted by Crippen LogP contribution is 2.23. The maximum absolute atomic E-state index is 5.67. The molecule has 0 saturated heterocycles. The van der Waals surface area contributed by atoms with Gasteiger partial charge in [-0.15, -0.1) is 0 Å². The van der Waals surface area contributed by atoms with E-state index in [0.717, 1.165) is 29.8 Å². The molecule has 1 atom stereocenters. The van der Waals surface area contributed by atoms with Crippen LogP contribution in [0.2, 0.25) is 0 Å². The molecule has 2 nitrogen and oxygen atoms in total. The second-order valence-electron chi connectivity index (χ2n) is 4.34. The first-order chi connectivity index (χ1) is 8.79. The number of halogens is 1. The minimum absolute atomic E-state index is 0.235. The van der Waals surface area contributed by atoms with Crippen molar-refractivity contribution in [1.29, 1.82) is 0 Å². The molecule has 96 valence electrons. The SMILES string of the molecule is CCCNC(Cc1ccccc1)c1ccc(Br)o1. The lowest BCUT2D eigenvalue weighted by Crippen LogP contribution is -2.23. The van der Waals surface area contributed by atoms with Crippen LogP contribution in [-0.2, 0) is 6.42 Å². The predicted molar refractivity (Wildman–Crippen MR) is 77.6 cm³/mol. The minimum atomic E-state index is 0.235. The van der Waals surface area contributed by atoms with Crippen molar-refractivity contribution in [2.45, 2.75) is 25.8 Å². The van der Waals surface area contributed by atoms with Gasteiger partial charge in [-0.3, -0.25) is 0 Å². The molecule has 1 unspecified atom stereocenters. The molecule has 0 spiro atoms. The van der Waals surface area contributed by atoms with Crippen LogP contribution in [0, 0.1) is 0 Å². The Morgan fingerprint density at radius 3 is 2.56 bits per heavy atom. The van der Waals surface area contributed by atoms with E-state index in [2.05, 4.69) is 52.4 Å². The summed E-state index contributed by atoms with van der Waals surface area (Å²) < 4.78 is 6.46. The van der Waals surface area contributed by atoms with Crippen molar-refractivity contribution in [2.75, 3.05) is 6.54 Å². The van der Waals surface area contributed by atoms with E-state index >= 15 is 0 Å². The third-order valence-corrected chi connectivity index (χ3v) is 3.29. The third kappa shape index (κ3) is 3.72. The zero-order valence-corrected chi connectivity index (χ0v) is 12.1. The Hall–Kier alpha value is -1.06. The molecule has 0 radical (unpaired) electrons. The zero-order chi connectivity index (χ0) is 12.8. The van der Waals surface area contributed by atoms with Gasteiger partial charge in [0.1, 0.15) is 5.76 Å². The van der Waals surface area contributed by atoms with Gasteiger partial charge >= 0.3 is 0 Å². The van der Waals surface area contributed by atoms with Crippen LogP contribution in [0.4, 0.5) is 0 Å². The Morgan fingerprint density at radius 2 is 1.94 bits per heavy atom. The molecule has 2 rings (SSSR count). The summed E-state index contributed by atoms with van der Waals surface area (Å²) in [6.07, 6.45) is 2.06. The second kappa shape index (κ2) is 6.76. The molecule has 1 heterocycles. The van der Waals surface area contributed by atoms with Gasteiger partial charge in [-0.05, 0) is 53.0 Å². The Bertz CT molecular complexity index is 466. The first-order valence-electron chi connectivity index (χ1n) is 6.32. The van der Waals surface area contributed by atoms with Crippen LogP contribution in [0.3, 0.4) is 0 Å². The van der Waals surface area contributed by atoms with Crippen LogP contribution in [0.5, 0.6) is 0 Å². The van der Waals surface area contributed by atoms with Crippen molar-refractivity contribution in [3.8, 4) is 0 Å². The average molecular weight is 308 g/mol. The van der Waals surface area contributed by atoms with Crippen molar-refractivity contribution in [3.63, 3.8) is 0 Å². The van der Waals surface area contributed by atoms with Crippen LogP contribution in [0.15, 0.2) is 51.6 Å². The van der Waals surface area contributed by atoms with E-state index in [0.29, 0.717) is 0 Å². The van der Waals surface area contributed by atoms with Crippen molar-refractivity contribution in [1.82, 2.24) is 5.32 Å². The maximum Gasteiger partial charge on any atom is 0.169 e. The van der Waals surface area contributed by atoms with E-state index in [-0.39, 0.29) is 6.04 Å². The topological polar surface area (TPSA) is 25.2 Å². The highest BCUT2D eigenvalue weighted by atomic mass is 79.9. The molecule has 0 bridgehead atoms. The molecular formula is C15H18BrNO. The van der Waals surface area contributed by atoms with Crippen molar-refractivity contribution < 1.29 is 4.42 Å². The third-order valence-electron chi connectivity index (χ3n) is 2.86. The van der Waals surface area contributed by atoms with E-state index < -0.39 is 0 Å². The molecule has 1 aromatic heterocycles. The molecule has 3 heteroatoms. The van der Waals surface area contributed by atoms with E-state index in [1.807, 2.05) is 18.2 Å². The fraction of sp³-hybridized carbons (Fsp3) is 0.333. The first kappa shape index (κ1) is 13.4. The number of rotatable bonds is 6. The largest absolute Gasteiger partial charge is 0.453 e. The van der Waals surface area contributed by atoms with Crippen LogP contribution < -0.4 is 5.32 Å². The van der Waals surface area contributed by atoms with Crippen LogP contribution in [-0.4, -0.2) is 6.54 Å². The average Bonchev–Trinajstić information content (AvgIpc) is 2.82. The maximum atomic E-state index is 5.67. The summed E-state index contributed by atoms with van der Waals surface area (Å²) in [6.45, 7) is 3.17. The molecule has 0 aliphatic carbocycles. The quantitative estimate of drug-likeness (QED) is 0.859. The lowest BCUT2D eigenvalue weighted by molar-refractivity contribution is 0.400. The van der Waals surface area contributed by atoms with Crippen molar-refractivity contribution in [3.05, 3.63) is 58.5 Å². The van der Waals surface area contributed by atoms with Gasteiger partial charge in [0.2, 0.25) is 0 Å². The van der Waals surface area contributed by atoms with Gasteiger partial charge in [-0.2, -0.15) is 0 Å². The van der Waals surface area contributed by atoms with Crippen molar-refractivity contribution in [2.24, 2.45) is 0 Å². The molecule has 0 saturated carbocycles. The van der Waals surface area contributed by atoms with E-state index in [1.54, 1.807) is 0 Å². The van der Waals surface area contributed by atoms with Gasteiger partial charge in [0.05, 0.1) is 6.04 Å². The molecule has 1 aromatic carbocycles. The summed E-state index contributed by atoms with van der Waals surface area (Å²) in [7, 11) is 0. The van der Waals surface area contributed by atoms with Crippen LogP contribution in [0.1, 0.15) is 30.7 Å². The molecule has 0 amide bonds. The summed E-state index contributed by atoms with van der Waals surface area (Å²) in [5.74, 6) is 0.985. The molecule has 2 aromatic rings. The predicted octanol–water partition coefficient (Wildman–Crippen LogP) is 4.33. The van der Waals surface area contributed by atoms with E-state index in [4.69, 9.17) is 4.42 Å². The fourth-order valence-corrected chi connectivity index (χ4v) is 2.28. The molecule has 18 heavy (non-hydrogen) atoms. The van der Waals surface area contributed by atoms with Gasteiger partial charge < -0.3 is 9.73 Å². The van der Waals surface area contributed by atoms with E-state index in [9.17, 15) is 0 Å². The summed E-state index contributed by atoms with van der Waals surface area (Å²) in [6, 6.07) is 14.7. The number of benzene rings is 1. The fourth-order valence-electron chi connectivity index (χ4n) is 1.96. The Morgan fingerprint density at radius 1 is 1.17 bits per heavy atom. The first-order valence-corrected chi connectivity index (χ1v) is 7.11. The number of hydrogen-bond acceptors (Lipinski definition) is 2. The molecule has 1 N–H and O–H groups in total. The van der Waals surface area contributed by atoms with Gasteiger partial charge in [0.25, 0.3) is 0 Å². The Kier molecular flexibility index (Phi) is 5.02. The lowest BCUT2D eigenvalue weighted by atomic mass is 10.0. The summed E-state index contributed by atoms with van der Waals surface area (Å²) in [4.78, 5) is 0. The highest BCUT2D eigenvalue weighted by molar-refractivity contribution is 9.10. The minimum Gasteiger partial charge on any atom is -0.453 e. The van der Waals surface area contributed by atoms with Gasteiger partial charge in [0, 0.05) is 0 Å². The molecule has 0 fully saturated rings. The lowest BCUT2D eigenvalue weighted by Gasteiger charge is -2.16. The number of nitrogens with one attached hydrogen (secondary N) is 1. The summed E-state index contributed by atoms with van der Waals surface area (Å²) >= 11 is 3.36. The summed E-state index contributed by atoms with van der Waals surface area (Å²) in [5.41, 5.74) is 1.32. The molecular weight excluding hydrogens is 290 g/mol. The standard InChI is InChI=1S/C15H18BrNO/c1-2-10-17-13(14-8-9-15(16)18-14)11-12-6-4-3-5-7-12/h3-9,13,17H,2,10-11H2,1H3. The van der Waals surface area contributed by atoms with Crippen LogP contribution >= 0.6 is 15.9 Å². The van der Waals surface area contributed by atoms with Gasteiger partial charge in [-0.25, -0.2) is 0 Å². The number of furan rings is 1. The van der Waals surface area contributed by atoms with E-state index in [1.165, 1.54) is 5.56 Å². The normalized spacial score (nSPS) is 12.6. The second-order valence-corrected chi connectivity index (χ2v) is 5.12. The zero-order valence-electron chi connectivity index (χ0n) is 10.5. The monoisotopic (exact) mass is 307 g/mol. The number of hydrogen-bond donors (Lipinski definition) is 1. The Balaban J connectivity index is 2.10. The summed E-state index contributed by atoms with van der Waals surface area (Å²) in [5, 5.41) is 3.53. The smallest absolute Gasteiger partial charge is 0.169 e. The molecule has 0 aliphatic rings.